The van der Waals surface area contributed by atoms with Gasteiger partial charge >= 0.3 is 0 Å². The average Bonchev–Trinajstić information content (AvgIpc) is 2.56. The van der Waals surface area contributed by atoms with E-state index < -0.39 is 0 Å². The lowest BCUT2D eigenvalue weighted by Crippen LogP contribution is -2.50. The highest BCUT2D eigenvalue weighted by Crippen LogP contribution is 2.34. The van der Waals surface area contributed by atoms with Gasteiger partial charge in [-0.05, 0) is 50.6 Å². The highest BCUT2D eigenvalue weighted by Gasteiger charge is 2.31. The van der Waals surface area contributed by atoms with Crippen molar-refractivity contribution in [2.45, 2.75) is 51.1 Å². The molecule has 0 saturated carbocycles. The number of hydrogen-bond donors (Lipinski definition) is 1. The summed E-state index contributed by atoms with van der Waals surface area (Å²) in [6, 6.07) is 6.09. The van der Waals surface area contributed by atoms with Gasteiger partial charge in [0.05, 0.1) is 18.7 Å². The number of halogens is 1. The Kier molecular flexibility index (Phi) is 5.59. The topological polar surface area (TPSA) is 41.6 Å². The van der Waals surface area contributed by atoms with E-state index in [4.69, 9.17) is 4.74 Å². The fourth-order valence-corrected chi connectivity index (χ4v) is 4.00. The summed E-state index contributed by atoms with van der Waals surface area (Å²) in [4.78, 5) is 15.2. The monoisotopic (exact) mass is 380 g/mol. The molecule has 126 valence electrons. The molecule has 2 aliphatic heterocycles. The number of nitrogens with zero attached hydrogens (tertiary/aromatic N) is 1. The fraction of sp³-hybridized carbons (Fsp3) is 0.611. The Hall–Kier alpha value is -1.07. The first-order valence-electron chi connectivity index (χ1n) is 8.65. The van der Waals surface area contributed by atoms with Crippen molar-refractivity contribution in [2.24, 2.45) is 0 Å². The summed E-state index contributed by atoms with van der Waals surface area (Å²) in [7, 11) is 0. The zero-order valence-corrected chi connectivity index (χ0v) is 15.3. The van der Waals surface area contributed by atoms with Gasteiger partial charge in [0.25, 0.3) is 0 Å². The summed E-state index contributed by atoms with van der Waals surface area (Å²) in [5.74, 6) is 1.06. The Morgan fingerprint density at radius 2 is 2.26 bits per heavy atom. The smallest absolute Gasteiger partial charge is 0.237 e. The molecule has 3 rings (SSSR count). The SMILES string of the molecule is CCCN1CCCCC1C(=O)NC1CCOc2ccc(Br)cc21. The molecule has 1 saturated heterocycles. The molecule has 0 aliphatic carbocycles. The maximum absolute atomic E-state index is 12.8. The molecule has 1 N–H and O–H groups in total. The molecule has 2 heterocycles. The van der Waals surface area contributed by atoms with Crippen molar-refractivity contribution in [3.8, 4) is 5.75 Å². The number of rotatable bonds is 4. The van der Waals surface area contributed by atoms with Crippen LogP contribution in [0.25, 0.3) is 0 Å². The quantitative estimate of drug-likeness (QED) is 0.866. The summed E-state index contributed by atoms with van der Waals surface area (Å²) < 4.78 is 6.73. The maximum Gasteiger partial charge on any atom is 0.237 e. The van der Waals surface area contributed by atoms with Crippen molar-refractivity contribution in [1.29, 1.82) is 0 Å². The van der Waals surface area contributed by atoms with Crippen LogP contribution >= 0.6 is 15.9 Å². The molecule has 0 bridgehead atoms. The van der Waals surface area contributed by atoms with Gasteiger partial charge in [-0.2, -0.15) is 0 Å². The van der Waals surface area contributed by atoms with Crippen LogP contribution in [-0.4, -0.2) is 36.5 Å². The molecule has 2 unspecified atom stereocenters. The number of benzene rings is 1. The van der Waals surface area contributed by atoms with Crippen LogP contribution in [0.4, 0.5) is 0 Å². The van der Waals surface area contributed by atoms with Crippen LogP contribution in [0, 0.1) is 0 Å². The van der Waals surface area contributed by atoms with Gasteiger partial charge in [-0.15, -0.1) is 0 Å². The second-order valence-corrected chi connectivity index (χ2v) is 7.34. The molecule has 2 aliphatic rings. The molecular weight excluding hydrogens is 356 g/mol. The lowest BCUT2D eigenvalue weighted by molar-refractivity contribution is -0.128. The number of piperidine rings is 1. The van der Waals surface area contributed by atoms with Gasteiger partial charge in [-0.25, -0.2) is 0 Å². The number of fused-ring (bicyclic) bond motifs is 1. The van der Waals surface area contributed by atoms with Gasteiger partial charge < -0.3 is 10.1 Å². The van der Waals surface area contributed by atoms with Gasteiger partial charge in [-0.1, -0.05) is 29.3 Å². The molecular formula is C18H25BrN2O2. The van der Waals surface area contributed by atoms with Gasteiger partial charge in [0, 0.05) is 16.5 Å². The molecule has 1 amide bonds. The molecule has 1 aromatic rings. The second kappa shape index (κ2) is 7.67. The largest absolute Gasteiger partial charge is 0.493 e. The van der Waals surface area contributed by atoms with E-state index in [1.807, 2.05) is 12.1 Å². The Morgan fingerprint density at radius 1 is 1.39 bits per heavy atom. The number of amides is 1. The highest BCUT2D eigenvalue weighted by atomic mass is 79.9. The third kappa shape index (κ3) is 3.89. The third-order valence-corrected chi connectivity index (χ3v) is 5.25. The van der Waals surface area contributed by atoms with Crippen LogP contribution < -0.4 is 10.1 Å². The number of hydrogen-bond acceptors (Lipinski definition) is 3. The van der Waals surface area contributed by atoms with Crippen LogP contribution in [0.1, 0.15) is 50.6 Å². The third-order valence-electron chi connectivity index (χ3n) is 4.75. The van der Waals surface area contributed by atoms with E-state index in [0.29, 0.717) is 6.61 Å². The molecule has 5 heteroatoms. The predicted molar refractivity (Wildman–Crippen MR) is 94.6 cm³/mol. The zero-order valence-electron chi connectivity index (χ0n) is 13.7. The molecule has 0 spiro atoms. The summed E-state index contributed by atoms with van der Waals surface area (Å²) in [6.45, 7) is 4.88. The lowest BCUT2D eigenvalue weighted by Gasteiger charge is -2.36. The van der Waals surface area contributed by atoms with Crippen molar-refractivity contribution in [3.63, 3.8) is 0 Å². The lowest BCUT2D eigenvalue weighted by atomic mass is 9.97. The first-order valence-corrected chi connectivity index (χ1v) is 9.45. The van der Waals surface area contributed by atoms with E-state index in [0.717, 1.165) is 54.6 Å². The molecule has 0 aromatic heterocycles. The highest BCUT2D eigenvalue weighted by molar-refractivity contribution is 9.10. The molecule has 1 aromatic carbocycles. The van der Waals surface area contributed by atoms with Crippen molar-refractivity contribution in [1.82, 2.24) is 10.2 Å². The summed E-state index contributed by atoms with van der Waals surface area (Å²) >= 11 is 3.51. The van der Waals surface area contributed by atoms with Crippen LogP contribution in [-0.2, 0) is 4.79 Å². The van der Waals surface area contributed by atoms with Crippen molar-refractivity contribution >= 4 is 21.8 Å². The first-order chi connectivity index (χ1) is 11.2. The van der Waals surface area contributed by atoms with E-state index in [-0.39, 0.29) is 18.0 Å². The van der Waals surface area contributed by atoms with Crippen LogP contribution in [0.3, 0.4) is 0 Å². The number of carbonyl (C=O) groups excluding carboxylic acids is 1. The van der Waals surface area contributed by atoms with E-state index in [2.05, 4.69) is 39.1 Å². The molecule has 0 radical (unpaired) electrons. The standard InChI is InChI=1S/C18H25BrN2O2/c1-2-9-21-10-4-3-5-16(21)18(22)20-15-8-11-23-17-7-6-13(19)12-14(15)17/h6-7,12,15-16H,2-5,8-11H2,1H3,(H,20,22). The summed E-state index contributed by atoms with van der Waals surface area (Å²) in [5, 5.41) is 3.28. The number of ether oxygens (including phenoxy) is 1. The Morgan fingerprint density at radius 3 is 3.09 bits per heavy atom. The Balaban J connectivity index is 1.72. The normalized spacial score (nSPS) is 24.6. The predicted octanol–water partition coefficient (Wildman–Crippen LogP) is 3.65. The van der Waals surface area contributed by atoms with E-state index in [1.54, 1.807) is 0 Å². The van der Waals surface area contributed by atoms with E-state index in [9.17, 15) is 4.79 Å². The van der Waals surface area contributed by atoms with E-state index >= 15 is 0 Å². The van der Waals surface area contributed by atoms with Gasteiger partial charge in [-0.3, -0.25) is 9.69 Å². The van der Waals surface area contributed by atoms with Crippen molar-refractivity contribution < 1.29 is 9.53 Å². The summed E-state index contributed by atoms with van der Waals surface area (Å²) in [6.07, 6.45) is 5.25. The maximum atomic E-state index is 12.8. The van der Waals surface area contributed by atoms with Crippen molar-refractivity contribution in [2.75, 3.05) is 19.7 Å². The number of carbonyl (C=O) groups is 1. The molecule has 4 nitrogen and oxygen atoms in total. The Bertz CT molecular complexity index is 562. The molecule has 23 heavy (non-hydrogen) atoms. The Labute approximate surface area is 146 Å². The first kappa shape index (κ1) is 16.8. The zero-order chi connectivity index (χ0) is 16.2. The van der Waals surface area contributed by atoms with Crippen LogP contribution in [0.5, 0.6) is 5.75 Å². The van der Waals surface area contributed by atoms with E-state index in [1.165, 1.54) is 6.42 Å². The second-order valence-electron chi connectivity index (χ2n) is 6.43. The summed E-state index contributed by atoms with van der Waals surface area (Å²) in [5.41, 5.74) is 1.08. The minimum absolute atomic E-state index is 0.0298. The fourth-order valence-electron chi connectivity index (χ4n) is 3.63. The minimum atomic E-state index is 0.0298. The number of nitrogens with one attached hydrogen (secondary N) is 1. The van der Waals surface area contributed by atoms with Gasteiger partial charge in [0.2, 0.25) is 5.91 Å². The average molecular weight is 381 g/mol. The molecule has 1 fully saturated rings. The molecule has 2 atom stereocenters. The van der Waals surface area contributed by atoms with Crippen LogP contribution in [0.15, 0.2) is 22.7 Å². The van der Waals surface area contributed by atoms with Gasteiger partial charge in [0.15, 0.2) is 0 Å². The van der Waals surface area contributed by atoms with Crippen LogP contribution in [0.2, 0.25) is 0 Å². The van der Waals surface area contributed by atoms with Gasteiger partial charge in [0.1, 0.15) is 5.75 Å². The van der Waals surface area contributed by atoms with Crippen molar-refractivity contribution in [3.05, 3.63) is 28.2 Å². The minimum Gasteiger partial charge on any atom is -0.493 e. The number of likely N-dealkylation sites (tertiary alicyclic amines) is 1.